The number of nitrogens with one attached hydrogen (secondary N) is 1. The lowest BCUT2D eigenvalue weighted by Gasteiger charge is -2.09. The van der Waals surface area contributed by atoms with Gasteiger partial charge in [0.2, 0.25) is 10.0 Å². The molecule has 0 saturated heterocycles. The zero-order valence-electron chi connectivity index (χ0n) is 11.4. The predicted molar refractivity (Wildman–Crippen MR) is 83.1 cm³/mol. The molecule has 4 nitrogen and oxygen atoms in total. The lowest BCUT2D eigenvalue weighted by atomic mass is 10.1. The molecule has 0 aliphatic carbocycles. The highest BCUT2D eigenvalue weighted by atomic mass is 32.2. The normalized spacial score (nSPS) is 11.7. The maximum atomic E-state index is 11.8. The van der Waals surface area contributed by atoms with Crippen LogP contribution in [-0.4, -0.2) is 19.2 Å². The second kappa shape index (κ2) is 6.97. The number of unbranched alkanes of at least 4 members (excludes halogenated alkanes) is 1. The SMILES string of the molecule is CCCCS(=O)(=O)NCc1ccccc1-c1nccs1. The number of thiazole rings is 1. The summed E-state index contributed by atoms with van der Waals surface area (Å²) in [6.45, 7) is 2.29. The Kier molecular flexibility index (Phi) is 5.28. The van der Waals surface area contributed by atoms with Crippen molar-refractivity contribution in [2.45, 2.75) is 26.3 Å². The number of sulfonamides is 1. The Bertz CT molecular complexity index is 637. The van der Waals surface area contributed by atoms with Gasteiger partial charge in [-0.25, -0.2) is 18.1 Å². The van der Waals surface area contributed by atoms with Crippen LogP contribution in [0.15, 0.2) is 35.8 Å². The molecule has 2 rings (SSSR count). The van der Waals surface area contributed by atoms with Crippen molar-refractivity contribution in [3.8, 4) is 10.6 Å². The van der Waals surface area contributed by atoms with Crippen LogP contribution in [0.3, 0.4) is 0 Å². The molecule has 0 spiro atoms. The first-order valence-corrected chi connectivity index (χ1v) is 9.10. The third kappa shape index (κ3) is 4.13. The van der Waals surface area contributed by atoms with Crippen LogP contribution in [0.5, 0.6) is 0 Å². The highest BCUT2D eigenvalue weighted by Crippen LogP contribution is 2.25. The second-order valence-corrected chi connectivity index (χ2v) is 7.31. The minimum Gasteiger partial charge on any atom is -0.245 e. The van der Waals surface area contributed by atoms with E-state index in [0.717, 1.165) is 22.6 Å². The Morgan fingerprint density at radius 3 is 2.80 bits per heavy atom. The quantitative estimate of drug-likeness (QED) is 0.855. The van der Waals surface area contributed by atoms with Crippen molar-refractivity contribution < 1.29 is 8.42 Å². The monoisotopic (exact) mass is 310 g/mol. The van der Waals surface area contributed by atoms with Crippen LogP contribution in [-0.2, 0) is 16.6 Å². The van der Waals surface area contributed by atoms with Crippen LogP contribution >= 0.6 is 11.3 Å². The smallest absolute Gasteiger partial charge is 0.211 e. The van der Waals surface area contributed by atoms with Gasteiger partial charge in [0.05, 0.1) is 5.75 Å². The van der Waals surface area contributed by atoms with E-state index in [1.807, 2.05) is 36.6 Å². The Morgan fingerprint density at radius 1 is 1.30 bits per heavy atom. The van der Waals surface area contributed by atoms with Crippen LogP contribution in [0.2, 0.25) is 0 Å². The summed E-state index contributed by atoms with van der Waals surface area (Å²) in [6, 6.07) is 7.74. The van der Waals surface area contributed by atoms with Crippen molar-refractivity contribution >= 4 is 21.4 Å². The molecule has 1 N–H and O–H groups in total. The fourth-order valence-electron chi connectivity index (χ4n) is 1.83. The van der Waals surface area contributed by atoms with Crippen LogP contribution < -0.4 is 4.72 Å². The standard InChI is InChI=1S/C14H18N2O2S2/c1-2-3-10-20(17,18)16-11-12-6-4-5-7-13(12)14-15-8-9-19-14/h4-9,16H,2-3,10-11H2,1H3. The van der Waals surface area contributed by atoms with Gasteiger partial charge in [0.25, 0.3) is 0 Å². The van der Waals surface area contributed by atoms with Crippen molar-refractivity contribution in [3.05, 3.63) is 41.4 Å². The Morgan fingerprint density at radius 2 is 2.10 bits per heavy atom. The van der Waals surface area contributed by atoms with Gasteiger partial charge in [-0.05, 0) is 12.0 Å². The molecule has 0 aliphatic heterocycles. The van der Waals surface area contributed by atoms with Gasteiger partial charge in [-0.2, -0.15) is 0 Å². The summed E-state index contributed by atoms with van der Waals surface area (Å²) < 4.78 is 26.3. The highest BCUT2D eigenvalue weighted by molar-refractivity contribution is 7.89. The molecule has 20 heavy (non-hydrogen) atoms. The average Bonchev–Trinajstić information content (AvgIpc) is 2.97. The molecule has 6 heteroatoms. The molecule has 0 atom stereocenters. The lowest BCUT2D eigenvalue weighted by molar-refractivity contribution is 0.578. The van der Waals surface area contributed by atoms with E-state index in [1.165, 1.54) is 0 Å². The number of hydrogen-bond donors (Lipinski definition) is 1. The van der Waals surface area contributed by atoms with Gasteiger partial charge in [0.1, 0.15) is 5.01 Å². The summed E-state index contributed by atoms with van der Waals surface area (Å²) in [7, 11) is -3.19. The van der Waals surface area contributed by atoms with Gasteiger partial charge in [-0.3, -0.25) is 0 Å². The first-order chi connectivity index (χ1) is 9.62. The van der Waals surface area contributed by atoms with Crippen LogP contribution in [0.1, 0.15) is 25.3 Å². The molecule has 0 bridgehead atoms. The number of aromatic nitrogens is 1. The van der Waals surface area contributed by atoms with E-state index in [1.54, 1.807) is 17.5 Å². The van der Waals surface area contributed by atoms with Gasteiger partial charge < -0.3 is 0 Å². The summed E-state index contributed by atoms with van der Waals surface area (Å²) >= 11 is 1.55. The topological polar surface area (TPSA) is 59.1 Å². The second-order valence-electron chi connectivity index (χ2n) is 4.49. The Balaban J connectivity index is 2.11. The minimum absolute atomic E-state index is 0.183. The maximum Gasteiger partial charge on any atom is 0.211 e. The van der Waals surface area contributed by atoms with Crippen molar-refractivity contribution in [2.24, 2.45) is 0 Å². The summed E-state index contributed by atoms with van der Waals surface area (Å²) in [6.07, 6.45) is 3.31. The molecular formula is C14H18N2O2S2. The zero-order chi connectivity index (χ0) is 14.4. The third-order valence-electron chi connectivity index (χ3n) is 2.93. The van der Waals surface area contributed by atoms with Gasteiger partial charge >= 0.3 is 0 Å². The first-order valence-electron chi connectivity index (χ1n) is 6.57. The van der Waals surface area contributed by atoms with Gasteiger partial charge in [-0.15, -0.1) is 11.3 Å². The van der Waals surface area contributed by atoms with Crippen LogP contribution in [0.25, 0.3) is 10.6 Å². The van der Waals surface area contributed by atoms with Gasteiger partial charge in [-0.1, -0.05) is 37.6 Å². The van der Waals surface area contributed by atoms with E-state index >= 15 is 0 Å². The molecule has 1 aromatic carbocycles. The van der Waals surface area contributed by atoms with Crippen molar-refractivity contribution in [1.29, 1.82) is 0 Å². The summed E-state index contributed by atoms with van der Waals surface area (Å²) in [5, 5.41) is 2.82. The Labute approximate surface area is 123 Å². The summed E-state index contributed by atoms with van der Waals surface area (Å²) in [5.41, 5.74) is 1.93. The molecule has 0 radical (unpaired) electrons. The maximum absolute atomic E-state index is 11.8. The predicted octanol–water partition coefficient (Wildman–Crippen LogP) is 3.03. The fraction of sp³-hybridized carbons (Fsp3) is 0.357. The molecule has 1 aromatic heterocycles. The molecular weight excluding hydrogens is 292 g/mol. The first kappa shape index (κ1) is 15.2. The van der Waals surface area contributed by atoms with Crippen LogP contribution in [0, 0.1) is 0 Å². The molecule has 0 aliphatic rings. The van der Waals surface area contributed by atoms with Gasteiger partial charge in [0.15, 0.2) is 0 Å². The summed E-state index contributed by atoms with van der Waals surface area (Å²) in [4.78, 5) is 4.28. The largest absolute Gasteiger partial charge is 0.245 e. The van der Waals surface area contributed by atoms with Crippen LogP contribution in [0.4, 0.5) is 0 Å². The molecule has 108 valence electrons. The molecule has 0 fully saturated rings. The van der Waals surface area contributed by atoms with E-state index in [9.17, 15) is 8.42 Å². The summed E-state index contributed by atoms with van der Waals surface area (Å²) in [5.74, 6) is 0.183. The van der Waals surface area contributed by atoms with Crippen molar-refractivity contribution in [1.82, 2.24) is 9.71 Å². The van der Waals surface area contributed by atoms with E-state index in [0.29, 0.717) is 13.0 Å². The fourth-order valence-corrected chi connectivity index (χ4v) is 3.72. The lowest BCUT2D eigenvalue weighted by Crippen LogP contribution is -2.26. The number of nitrogens with zero attached hydrogens (tertiary/aromatic N) is 1. The van der Waals surface area contributed by atoms with Crippen molar-refractivity contribution in [3.63, 3.8) is 0 Å². The molecule has 0 amide bonds. The average molecular weight is 310 g/mol. The van der Waals surface area contributed by atoms with E-state index < -0.39 is 10.0 Å². The highest BCUT2D eigenvalue weighted by Gasteiger charge is 2.12. The zero-order valence-corrected chi connectivity index (χ0v) is 13.0. The van der Waals surface area contributed by atoms with Crippen molar-refractivity contribution in [2.75, 3.05) is 5.75 Å². The number of hydrogen-bond acceptors (Lipinski definition) is 4. The Hall–Kier alpha value is -1.24. The van der Waals surface area contributed by atoms with E-state index in [-0.39, 0.29) is 5.75 Å². The minimum atomic E-state index is -3.19. The van der Waals surface area contributed by atoms with Gasteiger partial charge in [0, 0.05) is 23.7 Å². The van der Waals surface area contributed by atoms with E-state index in [2.05, 4.69) is 9.71 Å². The molecule has 1 heterocycles. The molecule has 0 saturated carbocycles. The molecule has 0 unspecified atom stereocenters. The number of benzene rings is 1. The molecule has 2 aromatic rings. The third-order valence-corrected chi connectivity index (χ3v) is 5.15. The van der Waals surface area contributed by atoms with E-state index in [4.69, 9.17) is 0 Å². The number of rotatable bonds is 7.